The Bertz CT molecular complexity index is 683. The molecule has 0 unspecified atom stereocenters. The molecule has 1 aliphatic heterocycles. The Kier molecular flexibility index (Phi) is 3.40. The highest BCUT2D eigenvalue weighted by Crippen LogP contribution is 2.28. The summed E-state index contributed by atoms with van der Waals surface area (Å²) in [5.41, 5.74) is 0. The quantitative estimate of drug-likeness (QED) is 0.874. The average molecular weight is 292 g/mol. The van der Waals surface area contributed by atoms with Crippen LogP contribution in [0.4, 0.5) is 4.39 Å². The predicted octanol–water partition coefficient (Wildman–Crippen LogP) is 2.00. The van der Waals surface area contributed by atoms with E-state index >= 15 is 0 Å². The molecule has 1 N–H and O–H groups in total. The van der Waals surface area contributed by atoms with Crippen molar-refractivity contribution in [2.75, 3.05) is 19.6 Å². The lowest BCUT2D eigenvalue weighted by Crippen LogP contribution is -2.37. The molecule has 1 fully saturated rings. The van der Waals surface area contributed by atoms with Crippen LogP contribution in [0.2, 0.25) is 0 Å². The van der Waals surface area contributed by atoms with Crippen molar-refractivity contribution >= 4 is 33.2 Å². The lowest BCUT2D eigenvalue weighted by Gasteiger charge is -2.17. The van der Waals surface area contributed by atoms with Gasteiger partial charge in [-0.15, -0.1) is 11.3 Å². The largest absolute Gasteiger partial charge is 0.354 e. The van der Waals surface area contributed by atoms with E-state index in [-0.39, 0.29) is 24.2 Å². The lowest BCUT2D eigenvalue weighted by molar-refractivity contribution is -0.121. The average Bonchev–Trinajstić information content (AvgIpc) is 2.75. The first-order chi connectivity index (χ1) is 9.65. The van der Waals surface area contributed by atoms with E-state index in [1.807, 2.05) is 0 Å². The highest BCUT2D eigenvalue weighted by atomic mass is 32.1. The van der Waals surface area contributed by atoms with Gasteiger partial charge in [-0.1, -0.05) is 6.07 Å². The van der Waals surface area contributed by atoms with Gasteiger partial charge in [0.2, 0.25) is 5.91 Å². The fourth-order valence-corrected chi connectivity index (χ4v) is 3.31. The minimum absolute atomic E-state index is 0.0650. The molecule has 20 heavy (non-hydrogen) atoms. The van der Waals surface area contributed by atoms with Crippen LogP contribution in [0.15, 0.2) is 24.3 Å². The fourth-order valence-electron chi connectivity index (χ4n) is 2.27. The third kappa shape index (κ3) is 2.38. The summed E-state index contributed by atoms with van der Waals surface area (Å²) in [6.07, 6.45) is 0.733. The second-order valence-electron chi connectivity index (χ2n) is 4.69. The fraction of sp³-hybridized carbons (Fsp3) is 0.286. The number of hydrogen-bond acceptors (Lipinski definition) is 3. The van der Waals surface area contributed by atoms with E-state index in [4.69, 9.17) is 0 Å². The standard InChI is InChI=1S/C14H13FN2O2S/c15-10-3-1-4-11-9(10)7-12(20-11)14(19)17-6-2-5-16-13(18)8-17/h1,3-4,7H,2,5-6,8H2,(H,16,18). The van der Waals surface area contributed by atoms with Gasteiger partial charge in [0.1, 0.15) is 5.82 Å². The second kappa shape index (κ2) is 5.20. The summed E-state index contributed by atoms with van der Waals surface area (Å²) in [5.74, 6) is -0.683. The number of nitrogens with one attached hydrogen (secondary N) is 1. The van der Waals surface area contributed by atoms with Gasteiger partial charge >= 0.3 is 0 Å². The van der Waals surface area contributed by atoms with Crippen molar-refractivity contribution in [2.45, 2.75) is 6.42 Å². The number of carbonyl (C=O) groups is 2. The Morgan fingerprint density at radius 3 is 3.05 bits per heavy atom. The molecule has 0 bridgehead atoms. The molecule has 6 heteroatoms. The molecule has 1 aliphatic rings. The zero-order chi connectivity index (χ0) is 14.1. The Hall–Kier alpha value is -1.95. The highest BCUT2D eigenvalue weighted by Gasteiger charge is 2.22. The Morgan fingerprint density at radius 2 is 2.25 bits per heavy atom. The summed E-state index contributed by atoms with van der Waals surface area (Å²) in [5, 5.41) is 3.19. The van der Waals surface area contributed by atoms with Gasteiger partial charge in [0, 0.05) is 23.2 Å². The van der Waals surface area contributed by atoms with Crippen molar-refractivity contribution in [3.63, 3.8) is 0 Å². The van der Waals surface area contributed by atoms with Crippen molar-refractivity contribution in [1.82, 2.24) is 10.2 Å². The Balaban J connectivity index is 1.91. The van der Waals surface area contributed by atoms with Crippen LogP contribution < -0.4 is 5.32 Å². The SMILES string of the molecule is O=C1CN(C(=O)c2cc3c(F)cccc3s2)CCCN1. The third-order valence-corrected chi connectivity index (χ3v) is 4.36. The monoisotopic (exact) mass is 292 g/mol. The number of benzene rings is 1. The van der Waals surface area contributed by atoms with Crippen LogP contribution in [0, 0.1) is 5.82 Å². The van der Waals surface area contributed by atoms with E-state index in [1.165, 1.54) is 22.3 Å². The van der Waals surface area contributed by atoms with Gasteiger partial charge in [-0.2, -0.15) is 0 Å². The van der Waals surface area contributed by atoms with Crippen LogP contribution in [0.5, 0.6) is 0 Å². The van der Waals surface area contributed by atoms with Crippen LogP contribution in [0.1, 0.15) is 16.1 Å². The molecule has 1 saturated heterocycles. The van der Waals surface area contributed by atoms with E-state index in [2.05, 4.69) is 5.32 Å². The van der Waals surface area contributed by atoms with Crippen molar-refractivity contribution < 1.29 is 14.0 Å². The van der Waals surface area contributed by atoms with E-state index in [9.17, 15) is 14.0 Å². The van der Waals surface area contributed by atoms with Gasteiger partial charge < -0.3 is 10.2 Å². The normalized spacial score (nSPS) is 16.1. The molecule has 3 rings (SSSR count). The first kappa shape index (κ1) is 13.1. The van der Waals surface area contributed by atoms with Crippen LogP contribution >= 0.6 is 11.3 Å². The number of rotatable bonds is 1. The van der Waals surface area contributed by atoms with Crippen LogP contribution in [-0.2, 0) is 4.79 Å². The Morgan fingerprint density at radius 1 is 1.40 bits per heavy atom. The molecule has 0 radical (unpaired) electrons. The maximum absolute atomic E-state index is 13.6. The molecule has 0 aliphatic carbocycles. The molecule has 1 aromatic carbocycles. The van der Waals surface area contributed by atoms with Crippen LogP contribution in [-0.4, -0.2) is 36.3 Å². The smallest absolute Gasteiger partial charge is 0.264 e. The van der Waals surface area contributed by atoms with Crippen LogP contribution in [0.3, 0.4) is 0 Å². The van der Waals surface area contributed by atoms with Crippen LogP contribution in [0.25, 0.3) is 10.1 Å². The zero-order valence-electron chi connectivity index (χ0n) is 10.7. The molecule has 1 aromatic heterocycles. The molecule has 4 nitrogen and oxygen atoms in total. The summed E-state index contributed by atoms with van der Waals surface area (Å²) in [6, 6.07) is 6.36. The molecule has 0 atom stereocenters. The molecule has 104 valence electrons. The minimum atomic E-state index is -0.327. The summed E-state index contributed by atoms with van der Waals surface area (Å²) in [7, 11) is 0. The lowest BCUT2D eigenvalue weighted by atomic mass is 10.2. The van der Waals surface area contributed by atoms with Gasteiger partial charge in [-0.05, 0) is 24.6 Å². The third-order valence-electron chi connectivity index (χ3n) is 3.27. The van der Waals surface area contributed by atoms with Gasteiger partial charge in [0.15, 0.2) is 0 Å². The Labute approximate surface area is 119 Å². The number of halogens is 1. The van der Waals surface area contributed by atoms with E-state index < -0.39 is 0 Å². The second-order valence-corrected chi connectivity index (χ2v) is 5.78. The van der Waals surface area contributed by atoms with Crippen molar-refractivity contribution in [2.24, 2.45) is 0 Å². The summed E-state index contributed by atoms with van der Waals surface area (Å²) >= 11 is 1.26. The first-order valence-electron chi connectivity index (χ1n) is 6.39. The zero-order valence-corrected chi connectivity index (χ0v) is 11.5. The van der Waals surface area contributed by atoms with E-state index in [1.54, 1.807) is 18.2 Å². The van der Waals surface area contributed by atoms with Gasteiger partial charge in [-0.25, -0.2) is 4.39 Å². The highest BCUT2D eigenvalue weighted by molar-refractivity contribution is 7.20. The number of fused-ring (bicyclic) bond motifs is 1. The van der Waals surface area contributed by atoms with E-state index in [0.29, 0.717) is 23.4 Å². The van der Waals surface area contributed by atoms with Gasteiger partial charge in [0.25, 0.3) is 5.91 Å². The number of hydrogen-bond donors (Lipinski definition) is 1. The molecule has 0 saturated carbocycles. The predicted molar refractivity (Wildman–Crippen MR) is 75.3 cm³/mol. The number of amides is 2. The van der Waals surface area contributed by atoms with Crippen molar-refractivity contribution in [3.8, 4) is 0 Å². The molecule has 2 amide bonds. The topological polar surface area (TPSA) is 49.4 Å². The van der Waals surface area contributed by atoms with E-state index in [0.717, 1.165) is 11.1 Å². The molecular weight excluding hydrogens is 279 g/mol. The van der Waals surface area contributed by atoms with Gasteiger partial charge in [-0.3, -0.25) is 9.59 Å². The molecular formula is C14H13FN2O2S. The summed E-state index contributed by atoms with van der Waals surface area (Å²) < 4.78 is 14.4. The number of carbonyl (C=O) groups excluding carboxylic acids is 2. The molecule has 2 aromatic rings. The first-order valence-corrected chi connectivity index (χ1v) is 7.21. The molecule has 2 heterocycles. The molecule has 0 spiro atoms. The van der Waals surface area contributed by atoms with Crippen molar-refractivity contribution in [1.29, 1.82) is 0 Å². The number of thiophene rings is 1. The number of nitrogens with zero attached hydrogens (tertiary/aromatic N) is 1. The van der Waals surface area contributed by atoms with Crippen molar-refractivity contribution in [3.05, 3.63) is 35.0 Å². The minimum Gasteiger partial charge on any atom is -0.354 e. The maximum Gasteiger partial charge on any atom is 0.264 e. The summed E-state index contributed by atoms with van der Waals surface area (Å²) in [4.78, 5) is 25.9. The maximum atomic E-state index is 13.6. The van der Waals surface area contributed by atoms with Gasteiger partial charge in [0.05, 0.1) is 11.4 Å². The summed E-state index contributed by atoms with van der Waals surface area (Å²) in [6.45, 7) is 1.19.